The minimum atomic E-state index is -3.54. The number of piperidine rings is 1. The Bertz CT molecular complexity index is 609. The van der Waals surface area contributed by atoms with Crippen LogP contribution in [0.5, 0.6) is 0 Å². The van der Waals surface area contributed by atoms with E-state index in [9.17, 15) is 8.42 Å². The van der Waals surface area contributed by atoms with Crippen molar-refractivity contribution >= 4 is 10.0 Å². The molecule has 0 aromatic heterocycles. The van der Waals surface area contributed by atoms with Crippen LogP contribution in [0.25, 0.3) is 0 Å². The van der Waals surface area contributed by atoms with Gasteiger partial charge in [0.2, 0.25) is 10.0 Å². The maximum Gasteiger partial charge on any atom is 0.244 e. The van der Waals surface area contributed by atoms with Crippen LogP contribution in [0.1, 0.15) is 32.3 Å². The summed E-state index contributed by atoms with van der Waals surface area (Å²) in [6.45, 7) is 5.45. The fourth-order valence-electron chi connectivity index (χ4n) is 2.71. The van der Waals surface area contributed by atoms with Gasteiger partial charge in [-0.25, -0.2) is 8.42 Å². The van der Waals surface area contributed by atoms with E-state index in [0.717, 1.165) is 12.8 Å². The fraction of sp³-hybridized carbons (Fsp3) is 0.533. The summed E-state index contributed by atoms with van der Waals surface area (Å²) in [5.74, 6) is 1.18. The van der Waals surface area contributed by atoms with Gasteiger partial charge in [-0.1, -0.05) is 26.0 Å². The van der Waals surface area contributed by atoms with Gasteiger partial charge in [0.05, 0.1) is 10.5 Å². The molecule has 0 spiro atoms. The molecule has 0 N–H and O–H groups in total. The van der Waals surface area contributed by atoms with E-state index in [-0.39, 0.29) is 10.5 Å². The number of sulfonamides is 1. The zero-order valence-electron chi connectivity index (χ0n) is 11.9. The van der Waals surface area contributed by atoms with E-state index >= 15 is 0 Å². The summed E-state index contributed by atoms with van der Waals surface area (Å²) in [5, 5.41) is 9.06. The number of rotatable bonds is 3. The Morgan fingerprint density at radius 1 is 1.25 bits per heavy atom. The van der Waals surface area contributed by atoms with Crippen LogP contribution in [0, 0.1) is 23.2 Å². The van der Waals surface area contributed by atoms with Gasteiger partial charge in [0.15, 0.2) is 0 Å². The smallest absolute Gasteiger partial charge is 0.207 e. The normalized spacial score (nSPS) is 18.1. The van der Waals surface area contributed by atoms with Crippen molar-refractivity contribution in [3.8, 4) is 6.07 Å². The van der Waals surface area contributed by atoms with E-state index in [1.54, 1.807) is 18.2 Å². The molecule has 1 saturated heterocycles. The summed E-state index contributed by atoms with van der Waals surface area (Å²) < 4.78 is 26.8. The molecule has 0 saturated carbocycles. The summed E-state index contributed by atoms with van der Waals surface area (Å²) in [5.41, 5.74) is 0.221. The van der Waals surface area contributed by atoms with Crippen molar-refractivity contribution in [2.45, 2.75) is 31.6 Å². The molecule has 1 aliphatic heterocycles. The van der Waals surface area contributed by atoms with Gasteiger partial charge in [-0.05, 0) is 36.8 Å². The molecule has 0 atom stereocenters. The van der Waals surface area contributed by atoms with Gasteiger partial charge >= 0.3 is 0 Å². The third kappa shape index (κ3) is 2.87. The van der Waals surface area contributed by atoms with Gasteiger partial charge < -0.3 is 0 Å². The van der Waals surface area contributed by atoms with Gasteiger partial charge in [0.25, 0.3) is 0 Å². The molecule has 0 amide bonds. The van der Waals surface area contributed by atoms with E-state index in [4.69, 9.17) is 5.26 Å². The molecular formula is C15H20N2O2S. The molecule has 1 aromatic carbocycles. The molecule has 2 rings (SSSR count). The molecule has 108 valence electrons. The Kier molecular flexibility index (Phi) is 4.46. The molecule has 0 aliphatic carbocycles. The Morgan fingerprint density at radius 2 is 1.85 bits per heavy atom. The fourth-order valence-corrected chi connectivity index (χ4v) is 4.32. The molecule has 0 radical (unpaired) electrons. The first-order valence-electron chi connectivity index (χ1n) is 6.96. The second kappa shape index (κ2) is 5.94. The standard InChI is InChI=1S/C15H20N2O2S/c1-12(2)13-7-9-17(10-8-13)20(18,19)15-6-4-3-5-14(15)11-16/h3-6,12-13H,7-10H2,1-2H3. The van der Waals surface area contributed by atoms with Crippen molar-refractivity contribution in [1.29, 1.82) is 5.26 Å². The van der Waals surface area contributed by atoms with Crippen LogP contribution in [-0.4, -0.2) is 25.8 Å². The van der Waals surface area contributed by atoms with E-state index in [1.807, 2.05) is 6.07 Å². The number of nitrogens with zero attached hydrogens (tertiary/aromatic N) is 2. The van der Waals surface area contributed by atoms with E-state index in [0.29, 0.717) is 24.9 Å². The topological polar surface area (TPSA) is 61.2 Å². The second-order valence-corrected chi connectivity index (χ2v) is 7.50. The van der Waals surface area contributed by atoms with Crippen molar-refractivity contribution in [1.82, 2.24) is 4.31 Å². The van der Waals surface area contributed by atoms with Crippen LogP contribution >= 0.6 is 0 Å². The molecule has 1 aromatic rings. The zero-order chi connectivity index (χ0) is 14.8. The zero-order valence-corrected chi connectivity index (χ0v) is 12.7. The van der Waals surface area contributed by atoms with Crippen LogP contribution in [-0.2, 0) is 10.0 Å². The average molecular weight is 292 g/mol. The highest BCUT2D eigenvalue weighted by molar-refractivity contribution is 7.89. The Morgan fingerprint density at radius 3 is 2.40 bits per heavy atom. The van der Waals surface area contributed by atoms with Crippen molar-refractivity contribution in [3.05, 3.63) is 29.8 Å². The van der Waals surface area contributed by atoms with Crippen LogP contribution in [0.15, 0.2) is 29.2 Å². The molecule has 1 aliphatic rings. The van der Waals surface area contributed by atoms with Crippen LogP contribution in [0.4, 0.5) is 0 Å². The molecule has 0 unspecified atom stereocenters. The van der Waals surface area contributed by atoms with Crippen LogP contribution in [0.2, 0.25) is 0 Å². The predicted octanol–water partition coefficient (Wildman–Crippen LogP) is 2.61. The first-order valence-corrected chi connectivity index (χ1v) is 8.40. The lowest BCUT2D eigenvalue weighted by Crippen LogP contribution is -2.39. The molecule has 1 heterocycles. The monoisotopic (exact) mass is 292 g/mol. The Balaban J connectivity index is 2.23. The third-order valence-corrected chi connectivity index (χ3v) is 6.02. The third-order valence-electron chi connectivity index (χ3n) is 4.07. The minimum absolute atomic E-state index is 0.130. The largest absolute Gasteiger partial charge is 0.244 e. The lowest BCUT2D eigenvalue weighted by atomic mass is 9.87. The van der Waals surface area contributed by atoms with Crippen molar-refractivity contribution in [3.63, 3.8) is 0 Å². The number of hydrogen-bond acceptors (Lipinski definition) is 3. The van der Waals surface area contributed by atoms with Gasteiger partial charge in [-0.3, -0.25) is 0 Å². The number of nitriles is 1. The Hall–Kier alpha value is -1.38. The summed E-state index contributed by atoms with van der Waals surface area (Å²) in [4.78, 5) is 0.130. The highest BCUT2D eigenvalue weighted by Gasteiger charge is 2.31. The summed E-state index contributed by atoms with van der Waals surface area (Å²) in [7, 11) is -3.54. The van der Waals surface area contributed by atoms with Gasteiger partial charge in [-0.15, -0.1) is 0 Å². The molecule has 1 fully saturated rings. The minimum Gasteiger partial charge on any atom is -0.207 e. The molecular weight excluding hydrogens is 272 g/mol. The molecule has 20 heavy (non-hydrogen) atoms. The quantitative estimate of drug-likeness (QED) is 0.860. The Labute approximate surface area is 121 Å². The van der Waals surface area contributed by atoms with Crippen LogP contribution < -0.4 is 0 Å². The maximum absolute atomic E-state index is 12.6. The first-order chi connectivity index (χ1) is 9.46. The second-order valence-electron chi connectivity index (χ2n) is 5.59. The van der Waals surface area contributed by atoms with Crippen molar-refractivity contribution in [2.24, 2.45) is 11.8 Å². The first kappa shape index (κ1) is 15.0. The average Bonchev–Trinajstić information content (AvgIpc) is 2.47. The highest BCUT2D eigenvalue weighted by atomic mass is 32.2. The van der Waals surface area contributed by atoms with E-state index in [1.165, 1.54) is 10.4 Å². The van der Waals surface area contributed by atoms with Gasteiger partial charge in [0, 0.05) is 13.1 Å². The molecule has 5 heteroatoms. The van der Waals surface area contributed by atoms with E-state index < -0.39 is 10.0 Å². The highest BCUT2D eigenvalue weighted by Crippen LogP contribution is 2.28. The van der Waals surface area contributed by atoms with Crippen molar-refractivity contribution in [2.75, 3.05) is 13.1 Å². The maximum atomic E-state index is 12.6. The SMILES string of the molecule is CC(C)C1CCN(S(=O)(=O)c2ccccc2C#N)CC1. The summed E-state index contributed by atoms with van der Waals surface area (Å²) >= 11 is 0. The van der Waals surface area contributed by atoms with Gasteiger partial charge in [-0.2, -0.15) is 9.57 Å². The predicted molar refractivity (Wildman–Crippen MR) is 77.5 cm³/mol. The molecule has 4 nitrogen and oxygen atoms in total. The molecule has 0 bridgehead atoms. The number of hydrogen-bond donors (Lipinski definition) is 0. The van der Waals surface area contributed by atoms with Crippen LogP contribution in [0.3, 0.4) is 0 Å². The lowest BCUT2D eigenvalue weighted by molar-refractivity contribution is 0.226. The summed E-state index contributed by atoms with van der Waals surface area (Å²) in [6, 6.07) is 8.37. The lowest BCUT2D eigenvalue weighted by Gasteiger charge is -2.33. The van der Waals surface area contributed by atoms with Gasteiger partial charge in [0.1, 0.15) is 6.07 Å². The number of benzene rings is 1. The van der Waals surface area contributed by atoms with E-state index in [2.05, 4.69) is 13.8 Å². The summed E-state index contributed by atoms with van der Waals surface area (Å²) in [6.07, 6.45) is 1.79. The van der Waals surface area contributed by atoms with Crippen molar-refractivity contribution < 1.29 is 8.42 Å².